The van der Waals surface area contributed by atoms with E-state index < -0.39 is 5.60 Å². The second kappa shape index (κ2) is 9.15. The van der Waals surface area contributed by atoms with Crippen LogP contribution in [0, 0.1) is 5.92 Å². The van der Waals surface area contributed by atoms with Crippen molar-refractivity contribution in [2.24, 2.45) is 5.92 Å². The lowest BCUT2D eigenvalue weighted by molar-refractivity contribution is -0.158. The number of rotatable bonds is 6. The lowest BCUT2D eigenvalue weighted by Gasteiger charge is -2.39. The number of carbonyl (C=O) groups excluding carboxylic acids is 1. The number of hydrogen-bond donors (Lipinski definition) is 0. The van der Waals surface area contributed by atoms with Gasteiger partial charge in [-0.05, 0) is 86.2 Å². The van der Waals surface area contributed by atoms with Crippen LogP contribution < -0.4 is 0 Å². The summed E-state index contributed by atoms with van der Waals surface area (Å²) in [7, 11) is 0. The van der Waals surface area contributed by atoms with Crippen molar-refractivity contribution in [1.29, 1.82) is 0 Å². The number of benzene rings is 3. The minimum atomic E-state index is -0.593. The first-order valence-corrected chi connectivity index (χ1v) is 11.8. The van der Waals surface area contributed by atoms with Crippen LogP contribution in [0.25, 0.3) is 21.5 Å². The number of esters is 1. The molecule has 0 aliphatic heterocycles. The highest BCUT2D eigenvalue weighted by Crippen LogP contribution is 2.40. The van der Waals surface area contributed by atoms with E-state index in [2.05, 4.69) is 81.1 Å². The summed E-state index contributed by atoms with van der Waals surface area (Å²) >= 11 is 0. The molecule has 0 spiro atoms. The maximum atomic E-state index is 12.2. The molecule has 1 aliphatic rings. The van der Waals surface area contributed by atoms with Gasteiger partial charge in [0.1, 0.15) is 5.60 Å². The molecular weight excluding hydrogens is 408 g/mol. The Hall–Kier alpha value is -2.91. The van der Waals surface area contributed by atoms with Crippen LogP contribution in [0.1, 0.15) is 59.1 Å². The van der Waals surface area contributed by atoms with Crippen LogP contribution in [0.2, 0.25) is 0 Å². The first-order valence-electron chi connectivity index (χ1n) is 11.8. The largest absolute Gasteiger partial charge is 0.456 e. The molecule has 0 N–H and O–H groups in total. The molecule has 1 aliphatic carbocycles. The lowest BCUT2D eigenvalue weighted by atomic mass is 9.78. The average Bonchev–Trinajstić information content (AvgIpc) is 2.78. The summed E-state index contributed by atoms with van der Waals surface area (Å²) < 4.78 is 12.6. The Morgan fingerprint density at radius 3 is 2.21 bits per heavy atom. The SMILES string of the molecule is C=C(C)C(=O)OC(C)(C)C1CC=C(C)C(OC(C)c2c3ccccc3cc3ccccc23)C1. The normalized spacial score (nSPS) is 19.8. The molecular formula is C30H34O3. The van der Waals surface area contributed by atoms with Crippen molar-refractivity contribution < 1.29 is 14.3 Å². The van der Waals surface area contributed by atoms with Crippen LogP contribution in [0.5, 0.6) is 0 Å². The van der Waals surface area contributed by atoms with E-state index in [0.29, 0.717) is 5.57 Å². The fraction of sp³-hybridized carbons (Fsp3) is 0.367. The van der Waals surface area contributed by atoms with Gasteiger partial charge in [-0.25, -0.2) is 4.79 Å². The first kappa shape index (κ1) is 23.3. The highest BCUT2D eigenvalue weighted by molar-refractivity contribution is 6.02. The van der Waals surface area contributed by atoms with E-state index in [1.807, 2.05) is 13.8 Å². The molecule has 0 amide bonds. The fourth-order valence-electron chi connectivity index (χ4n) is 4.94. The van der Waals surface area contributed by atoms with Crippen LogP contribution in [0.15, 0.2) is 78.4 Å². The number of ether oxygens (including phenoxy) is 2. The van der Waals surface area contributed by atoms with Crippen LogP contribution in [0.4, 0.5) is 0 Å². The zero-order valence-corrected chi connectivity index (χ0v) is 20.4. The predicted molar refractivity (Wildman–Crippen MR) is 136 cm³/mol. The molecule has 0 saturated heterocycles. The van der Waals surface area contributed by atoms with Crippen LogP contribution in [-0.2, 0) is 14.3 Å². The van der Waals surface area contributed by atoms with Gasteiger partial charge >= 0.3 is 5.97 Å². The van der Waals surface area contributed by atoms with Gasteiger partial charge in [-0.15, -0.1) is 0 Å². The summed E-state index contributed by atoms with van der Waals surface area (Å²) in [5.74, 6) is -0.162. The molecule has 0 radical (unpaired) electrons. The van der Waals surface area contributed by atoms with Crippen molar-refractivity contribution in [2.45, 2.75) is 65.3 Å². The molecule has 3 atom stereocenters. The molecule has 0 bridgehead atoms. The molecule has 33 heavy (non-hydrogen) atoms. The highest BCUT2D eigenvalue weighted by Gasteiger charge is 2.38. The summed E-state index contributed by atoms with van der Waals surface area (Å²) in [5.41, 5.74) is 2.30. The fourth-order valence-corrected chi connectivity index (χ4v) is 4.94. The molecule has 4 rings (SSSR count). The molecule has 3 heteroatoms. The van der Waals surface area contributed by atoms with Crippen LogP contribution >= 0.6 is 0 Å². The van der Waals surface area contributed by atoms with E-state index in [0.717, 1.165) is 12.8 Å². The van der Waals surface area contributed by atoms with Crippen molar-refractivity contribution in [2.75, 3.05) is 0 Å². The van der Waals surface area contributed by atoms with Gasteiger partial charge in [0.15, 0.2) is 0 Å². The Balaban J connectivity index is 1.63. The maximum absolute atomic E-state index is 12.2. The van der Waals surface area contributed by atoms with Crippen molar-refractivity contribution >= 4 is 27.5 Å². The topological polar surface area (TPSA) is 35.5 Å². The van der Waals surface area contributed by atoms with Gasteiger partial charge in [-0.2, -0.15) is 0 Å². The Morgan fingerprint density at radius 2 is 1.64 bits per heavy atom. The Kier molecular flexibility index (Phi) is 6.45. The van der Waals surface area contributed by atoms with Crippen LogP contribution in [-0.4, -0.2) is 17.7 Å². The summed E-state index contributed by atoms with van der Waals surface area (Å²) in [5, 5.41) is 4.91. The number of carbonyl (C=O) groups is 1. The Labute approximate surface area is 197 Å². The average molecular weight is 443 g/mol. The van der Waals surface area contributed by atoms with Gasteiger partial charge in [0.25, 0.3) is 0 Å². The van der Waals surface area contributed by atoms with Crippen molar-refractivity contribution in [3.05, 3.63) is 84.0 Å². The molecule has 3 nitrogen and oxygen atoms in total. The van der Waals surface area contributed by atoms with Gasteiger partial charge in [-0.1, -0.05) is 61.2 Å². The predicted octanol–water partition coefficient (Wildman–Crippen LogP) is 7.69. The second-order valence-electron chi connectivity index (χ2n) is 9.89. The molecule has 0 heterocycles. The summed E-state index contributed by atoms with van der Waals surface area (Å²) in [6.45, 7) is 13.7. The standard InChI is InChI=1S/C30H34O3/c1-19(2)29(31)33-30(5,6)24-16-15-20(3)27(18-24)32-21(4)28-25-13-9-7-11-22(25)17-23-12-8-10-14-26(23)28/h7-15,17,21,24,27H,1,16,18H2,2-6H3. The number of allylic oxidation sites excluding steroid dienone is 1. The minimum Gasteiger partial charge on any atom is -0.456 e. The van der Waals surface area contributed by atoms with E-state index in [1.165, 1.54) is 32.7 Å². The lowest BCUT2D eigenvalue weighted by Crippen LogP contribution is -2.41. The molecule has 0 aromatic heterocycles. The highest BCUT2D eigenvalue weighted by atomic mass is 16.6. The third-order valence-corrected chi connectivity index (χ3v) is 7.01. The van der Waals surface area contributed by atoms with Crippen molar-refractivity contribution in [3.63, 3.8) is 0 Å². The number of hydrogen-bond acceptors (Lipinski definition) is 3. The quantitative estimate of drug-likeness (QED) is 0.170. The molecule has 3 aromatic rings. The zero-order chi connectivity index (χ0) is 23.8. The van der Waals surface area contributed by atoms with Crippen LogP contribution in [0.3, 0.4) is 0 Å². The molecule has 3 unspecified atom stereocenters. The Bertz CT molecular complexity index is 1180. The summed E-state index contributed by atoms with van der Waals surface area (Å²) in [6.07, 6.45) is 3.80. The smallest absolute Gasteiger partial charge is 0.333 e. The molecule has 172 valence electrons. The van der Waals surface area contributed by atoms with E-state index in [-0.39, 0.29) is 24.1 Å². The first-order chi connectivity index (χ1) is 15.7. The van der Waals surface area contributed by atoms with Gasteiger partial charge in [0, 0.05) is 11.5 Å². The van der Waals surface area contributed by atoms with E-state index >= 15 is 0 Å². The minimum absolute atomic E-state index is 0.0284. The second-order valence-corrected chi connectivity index (χ2v) is 9.89. The van der Waals surface area contributed by atoms with E-state index in [9.17, 15) is 4.79 Å². The molecule has 0 saturated carbocycles. The van der Waals surface area contributed by atoms with Gasteiger partial charge < -0.3 is 9.47 Å². The zero-order valence-electron chi connectivity index (χ0n) is 20.4. The van der Waals surface area contributed by atoms with E-state index in [1.54, 1.807) is 6.92 Å². The van der Waals surface area contributed by atoms with Gasteiger partial charge in [0.2, 0.25) is 0 Å². The van der Waals surface area contributed by atoms with Gasteiger partial charge in [0.05, 0.1) is 12.2 Å². The third kappa shape index (κ3) is 4.74. The Morgan fingerprint density at radius 1 is 1.06 bits per heavy atom. The van der Waals surface area contributed by atoms with E-state index in [4.69, 9.17) is 9.47 Å². The monoisotopic (exact) mass is 442 g/mol. The van der Waals surface area contributed by atoms with Gasteiger partial charge in [-0.3, -0.25) is 0 Å². The van der Waals surface area contributed by atoms with Crippen molar-refractivity contribution in [3.8, 4) is 0 Å². The maximum Gasteiger partial charge on any atom is 0.333 e. The molecule has 0 fully saturated rings. The van der Waals surface area contributed by atoms with Crippen molar-refractivity contribution in [1.82, 2.24) is 0 Å². The summed E-state index contributed by atoms with van der Waals surface area (Å²) in [6, 6.07) is 19.3. The third-order valence-electron chi connectivity index (χ3n) is 7.01. The molecule has 3 aromatic carbocycles. The number of fused-ring (bicyclic) bond motifs is 2. The summed E-state index contributed by atoms with van der Waals surface area (Å²) in [4.78, 5) is 12.2.